The monoisotopic (exact) mass is 219 g/mol. The van der Waals surface area contributed by atoms with Crippen LogP contribution in [0.15, 0.2) is 12.2 Å². The van der Waals surface area contributed by atoms with Crippen LogP contribution in [0.5, 0.6) is 0 Å². The molecule has 0 aromatic carbocycles. The van der Waals surface area contributed by atoms with Crippen LogP contribution < -0.4 is 5.73 Å². The molecular weight excluding hydrogens is 198 g/mol. The molecule has 88 valence electrons. The van der Waals surface area contributed by atoms with E-state index in [-0.39, 0.29) is 5.41 Å². The smallest absolute Gasteiger partial charge is 0.153 e. The highest BCUT2D eigenvalue weighted by Crippen LogP contribution is 2.36. The van der Waals surface area contributed by atoms with Crippen molar-refractivity contribution in [1.82, 2.24) is 10.2 Å². The number of allylic oxidation sites excluding steroid dienone is 3. The van der Waals surface area contributed by atoms with Crippen LogP contribution in [0.3, 0.4) is 0 Å². The van der Waals surface area contributed by atoms with Gasteiger partial charge in [0.25, 0.3) is 0 Å². The molecule has 0 saturated carbocycles. The number of nitrogens with two attached hydrogens (primary N) is 1. The van der Waals surface area contributed by atoms with Gasteiger partial charge in [0, 0.05) is 5.56 Å². The van der Waals surface area contributed by atoms with Gasteiger partial charge in [-0.25, -0.2) is 0 Å². The fraction of sp³-hybridized carbons (Fsp3) is 0.462. The molecule has 0 fully saturated rings. The Morgan fingerprint density at radius 3 is 2.38 bits per heavy atom. The Bertz CT molecular complexity index is 417. The van der Waals surface area contributed by atoms with Crippen LogP contribution in [0.25, 0.3) is 11.6 Å². The van der Waals surface area contributed by atoms with Crippen molar-refractivity contribution in [2.75, 3.05) is 5.73 Å². The molecule has 0 aliphatic rings. The third-order valence-corrected chi connectivity index (χ3v) is 2.53. The first-order valence-corrected chi connectivity index (χ1v) is 5.55. The van der Waals surface area contributed by atoms with Gasteiger partial charge in [0.05, 0.1) is 5.69 Å². The van der Waals surface area contributed by atoms with E-state index in [9.17, 15) is 0 Å². The molecule has 3 heteroatoms. The first kappa shape index (κ1) is 12.6. The summed E-state index contributed by atoms with van der Waals surface area (Å²) >= 11 is 0. The molecular formula is C13H21N3. The van der Waals surface area contributed by atoms with Gasteiger partial charge in [-0.2, -0.15) is 5.10 Å². The standard InChI is InChI=1S/C13H21N3/c1-6-8-9-11(15-16-12(9)14)10(7-2)13(3,4)5/h6-8H,1-5H3,(H3,14,15,16)/b8-6-,10-7+. The normalized spacial score (nSPS) is 13.7. The van der Waals surface area contributed by atoms with E-state index >= 15 is 0 Å². The molecule has 0 aliphatic heterocycles. The number of aromatic amines is 1. The number of anilines is 1. The summed E-state index contributed by atoms with van der Waals surface area (Å²) in [5.74, 6) is 0.552. The molecule has 3 nitrogen and oxygen atoms in total. The first-order valence-electron chi connectivity index (χ1n) is 5.55. The molecule has 1 aromatic heterocycles. The summed E-state index contributed by atoms with van der Waals surface area (Å²) in [5.41, 5.74) is 9.14. The van der Waals surface area contributed by atoms with E-state index in [0.717, 1.165) is 11.3 Å². The maximum absolute atomic E-state index is 5.84. The molecule has 0 bridgehead atoms. The molecule has 0 saturated heterocycles. The summed E-state index contributed by atoms with van der Waals surface area (Å²) in [6.45, 7) is 10.6. The van der Waals surface area contributed by atoms with Gasteiger partial charge in [-0.05, 0) is 24.8 Å². The fourth-order valence-electron chi connectivity index (χ4n) is 1.86. The second kappa shape index (κ2) is 4.56. The molecule has 16 heavy (non-hydrogen) atoms. The lowest BCUT2D eigenvalue weighted by Gasteiger charge is -2.22. The van der Waals surface area contributed by atoms with Crippen LogP contribution in [-0.2, 0) is 0 Å². The van der Waals surface area contributed by atoms with Crippen molar-refractivity contribution >= 4 is 17.5 Å². The van der Waals surface area contributed by atoms with Gasteiger partial charge >= 0.3 is 0 Å². The number of nitrogen functional groups attached to an aromatic ring is 1. The van der Waals surface area contributed by atoms with E-state index in [0.29, 0.717) is 5.82 Å². The minimum Gasteiger partial charge on any atom is -0.382 e. The minimum atomic E-state index is 0.0735. The van der Waals surface area contributed by atoms with E-state index in [1.54, 1.807) is 0 Å². The molecule has 1 rings (SSSR count). The van der Waals surface area contributed by atoms with Crippen LogP contribution >= 0.6 is 0 Å². The highest BCUT2D eigenvalue weighted by Gasteiger charge is 2.22. The van der Waals surface area contributed by atoms with Crippen molar-refractivity contribution in [3.63, 3.8) is 0 Å². The summed E-state index contributed by atoms with van der Waals surface area (Å²) in [4.78, 5) is 0. The SMILES string of the molecule is C/C=C\c1c(N)n[nH]c1/C(=C\C)C(C)(C)C. The summed E-state index contributed by atoms with van der Waals surface area (Å²) in [6, 6.07) is 0. The van der Waals surface area contributed by atoms with E-state index in [1.165, 1.54) is 5.57 Å². The van der Waals surface area contributed by atoms with Gasteiger partial charge in [-0.15, -0.1) is 0 Å². The maximum Gasteiger partial charge on any atom is 0.153 e. The Kier molecular flexibility index (Phi) is 3.58. The van der Waals surface area contributed by atoms with Crippen molar-refractivity contribution in [3.8, 4) is 0 Å². The lowest BCUT2D eigenvalue weighted by atomic mass is 9.83. The van der Waals surface area contributed by atoms with E-state index in [2.05, 4.69) is 37.0 Å². The summed E-state index contributed by atoms with van der Waals surface area (Å²) in [6.07, 6.45) is 6.07. The Morgan fingerprint density at radius 2 is 1.94 bits per heavy atom. The third kappa shape index (κ3) is 2.35. The van der Waals surface area contributed by atoms with Crippen molar-refractivity contribution in [2.24, 2.45) is 5.41 Å². The molecule has 0 radical (unpaired) electrons. The average molecular weight is 219 g/mol. The summed E-state index contributed by atoms with van der Waals surface area (Å²) < 4.78 is 0. The zero-order valence-corrected chi connectivity index (χ0v) is 10.8. The van der Waals surface area contributed by atoms with Gasteiger partial charge < -0.3 is 5.73 Å². The number of H-pyrrole nitrogens is 1. The number of hydrogen-bond donors (Lipinski definition) is 2. The fourth-order valence-corrected chi connectivity index (χ4v) is 1.86. The molecule has 1 heterocycles. The Hall–Kier alpha value is -1.51. The van der Waals surface area contributed by atoms with E-state index in [1.807, 2.05) is 26.0 Å². The zero-order valence-electron chi connectivity index (χ0n) is 10.8. The second-order valence-corrected chi connectivity index (χ2v) is 4.85. The van der Waals surface area contributed by atoms with Gasteiger partial charge in [-0.1, -0.05) is 39.0 Å². The van der Waals surface area contributed by atoms with Crippen LogP contribution in [0.4, 0.5) is 5.82 Å². The topological polar surface area (TPSA) is 54.7 Å². The summed E-state index contributed by atoms with van der Waals surface area (Å²) in [5, 5.41) is 7.10. The van der Waals surface area contributed by atoms with E-state index in [4.69, 9.17) is 5.73 Å². The van der Waals surface area contributed by atoms with Gasteiger partial charge in [0.2, 0.25) is 0 Å². The second-order valence-electron chi connectivity index (χ2n) is 4.85. The zero-order chi connectivity index (χ0) is 12.3. The van der Waals surface area contributed by atoms with Crippen LogP contribution in [-0.4, -0.2) is 10.2 Å². The van der Waals surface area contributed by atoms with Gasteiger partial charge in [0.1, 0.15) is 0 Å². The van der Waals surface area contributed by atoms with Gasteiger partial charge in [0.15, 0.2) is 5.82 Å². The van der Waals surface area contributed by atoms with Crippen molar-refractivity contribution in [1.29, 1.82) is 0 Å². The molecule has 0 spiro atoms. The Balaban J connectivity index is 3.33. The number of rotatable bonds is 2. The number of nitrogens with one attached hydrogen (secondary N) is 1. The molecule has 1 aromatic rings. The third-order valence-electron chi connectivity index (χ3n) is 2.53. The molecule has 0 unspecified atom stereocenters. The first-order chi connectivity index (χ1) is 7.41. The van der Waals surface area contributed by atoms with Crippen molar-refractivity contribution < 1.29 is 0 Å². The average Bonchev–Trinajstić information content (AvgIpc) is 2.49. The lowest BCUT2D eigenvalue weighted by molar-refractivity contribution is 0.563. The Labute approximate surface area is 97.4 Å². The number of nitrogens with zero attached hydrogens (tertiary/aromatic N) is 1. The molecule has 3 N–H and O–H groups in total. The lowest BCUT2D eigenvalue weighted by Crippen LogP contribution is -2.09. The van der Waals surface area contributed by atoms with Gasteiger partial charge in [-0.3, -0.25) is 5.10 Å². The van der Waals surface area contributed by atoms with Crippen molar-refractivity contribution in [2.45, 2.75) is 34.6 Å². The number of aromatic nitrogens is 2. The largest absolute Gasteiger partial charge is 0.382 e. The van der Waals surface area contributed by atoms with Crippen LogP contribution in [0.2, 0.25) is 0 Å². The summed E-state index contributed by atoms with van der Waals surface area (Å²) in [7, 11) is 0. The predicted molar refractivity (Wildman–Crippen MR) is 70.8 cm³/mol. The molecule has 0 atom stereocenters. The predicted octanol–water partition coefficient (Wildman–Crippen LogP) is 3.47. The minimum absolute atomic E-state index is 0.0735. The van der Waals surface area contributed by atoms with Crippen LogP contribution in [0, 0.1) is 5.41 Å². The van der Waals surface area contributed by atoms with Crippen molar-refractivity contribution in [3.05, 3.63) is 23.4 Å². The van der Waals surface area contributed by atoms with Crippen LogP contribution in [0.1, 0.15) is 45.9 Å². The number of hydrogen-bond acceptors (Lipinski definition) is 2. The maximum atomic E-state index is 5.84. The quantitative estimate of drug-likeness (QED) is 0.800. The Morgan fingerprint density at radius 1 is 1.31 bits per heavy atom. The van der Waals surface area contributed by atoms with E-state index < -0.39 is 0 Å². The molecule has 0 aliphatic carbocycles. The molecule has 0 amide bonds. The highest BCUT2D eigenvalue weighted by molar-refractivity contribution is 5.78. The highest BCUT2D eigenvalue weighted by atomic mass is 15.2.